The summed E-state index contributed by atoms with van der Waals surface area (Å²) in [6.07, 6.45) is 3.86. The molecule has 0 spiro atoms. The summed E-state index contributed by atoms with van der Waals surface area (Å²) >= 11 is 1.63. The molecule has 3 heterocycles. The van der Waals surface area contributed by atoms with Crippen LogP contribution in [0, 0.1) is 0 Å². The lowest BCUT2D eigenvalue weighted by Crippen LogP contribution is -2.25. The van der Waals surface area contributed by atoms with Crippen LogP contribution in [0.1, 0.15) is 40.2 Å². The molecular formula is C24H23N3O3S. The van der Waals surface area contributed by atoms with Crippen molar-refractivity contribution in [2.45, 2.75) is 38.5 Å². The van der Waals surface area contributed by atoms with Crippen LogP contribution >= 0.6 is 11.3 Å². The predicted octanol–water partition coefficient (Wildman–Crippen LogP) is 5.09. The first-order valence-electron chi connectivity index (χ1n) is 10.4. The standard InChI is InChI=1S/C24H23N3O3S/c28-24(25-19-9-10-19)18-7-5-17(6-8-18)14-27(16-21-3-1-11-29-21)15-20-13-22(30-26-20)23-4-2-12-31-23/h1-8,11-13,19H,9-10,14-16H2,(H,25,28). The van der Waals surface area contributed by atoms with Gasteiger partial charge in [-0.15, -0.1) is 11.3 Å². The summed E-state index contributed by atoms with van der Waals surface area (Å²) in [5.41, 5.74) is 2.69. The van der Waals surface area contributed by atoms with Gasteiger partial charge >= 0.3 is 0 Å². The van der Waals surface area contributed by atoms with Gasteiger partial charge in [0, 0.05) is 30.8 Å². The molecule has 6 nitrogen and oxygen atoms in total. The summed E-state index contributed by atoms with van der Waals surface area (Å²) in [5, 5.41) is 9.31. The van der Waals surface area contributed by atoms with Crippen LogP contribution in [0.15, 0.2) is 75.2 Å². The third kappa shape index (κ3) is 5.13. The van der Waals surface area contributed by atoms with Crippen molar-refractivity contribution in [3.05, 3.63) is 88.8 Å². The molecule has 5 rings (SSSR count). The minimum Gasteiger partial charge on any atom is -0.468 e. The minimum atomic E-state index is 0.00481. The smallest absolute Gasteiger partial charge is 0.251 e. The third-order valence-electron chi connectivity index (χ3n) is 5.20. The Morgan fingerprint density at radius 2 is 1.97 bits per heavy atom. The number of nitrogens with one attached hydrogen (secondary N) is 1. The molecule has 1 aliphatic rings. The molecule has 7 heteroatoms. The Morgan fingerprint density at radius 1 is 1.10 bits per heavy atom. The third-order valence-corrected chi connectivity index (χ3v) is 6.09. The van der Waals surface area contributed by atoms with Crippen LogP contribution in [0.2, 0.25) is 0 Å². The van der Waals surface area contributed by atoms with Crippen LogP contribution in [0.4, 0.5) is 0 Å². The van der Waals surface area contributed by atoms with Crippen molar-refractivity contribution >= 4 is 17.2 Å². The summed E-state index contributed by atoms with van der Waals surface area (Å²) in [7, 11) is 0. The van der Waals surface area contributed by atoms with Crippen molar-refractivity contribution in [2.24, 2.45) is 0 Å². The highest BCUT2D eigenvalue weighted by molar-refractivity contribution is 7.13. The van der Waals surface area contributed by atoms with Crippen LogP contribution in [0.3, 0.4) is 0 Å². The second kappa shape index (κ2) is 8.91. The van der Waals surface area contributed by atoms with Crippen LogP contribution in [0.25, 0.3) is 10.6 Å². The van der Waals surface area contributed by atoms with E-state index in [4.69, 9.17) is 8.94 Å². The van der Waals surface area contributed by atoms with Crippen molar-refractivity contribution in [3.8, 4) is 10.6 Å². The molecule has 0 atom stereocenters. The van der Waals surface area contributed by atoms with Gasteiger partial charge in [-0.2, -0.15) is 0 Å². The number of furan rings is 1. The van der Waals surface area contributed by atoms with Crippen molar-refractivity contribution in [1.82, 2.24) is 15.4 Å². The maximum absolute atomic E-state index is 12.2. The van der Waals surface area contributed by atoms with Gasteiger partial charge in [-0.3, -0.25) is 9.69 Å². The monoisotopic (exact) mass is 433 g/mol. The van der Waals surface area contributed by atoms with Gasteiger partial charge in [-0.05, 0) is 54.1 Å². The molecular weight excluding hydrogens is 410 g/mol. The normalized spacial score (nSPS) is 13.6. The second-order valence-electron chi connectivity index (χ2n) is 7.83. The lowest BCUT2D eigenvalue weighted by Gasteiger charge is -2.20. The molecule has 3 aromatic heterocycles. The van der Waals surface area contributed by atoms with E-state index >= 15 is 0 Å². The maximum Gasteiger partial charge on any atom is 0.251 e. The molecule has 1 amide bonds. The fourth-order valence-corrected chi connectivity index (χ4v) is 4.13. The van der Waals surface area contributed by atoms with Crippen molar-refractivity contribution in [1.29, 1.82) is 0 Å². The van der Waals surface area contributed by atoms with Crippen LogP contribution < -0.4 is 5.32 Å². The SMILES string of the molecule is O=C(NC1CC1)c1ccc(CN(Cc2cc(-c3cccs3)on2)Cc2ccco2)cc1. The molecule has 0 bridgehead atoms. The number of thiophene rings is 1. The highest BCUT2D eigenvalue weighted by Crippen LogP contribution is 2.26. The van der Waals surface area contributed by atoms with E-state index in [2.05, 4.69) is 15.4 Å². The van der Waals surface area contributed by atoms with Gasteiger partial charge in [0.2, 0.25) is 0 Å². The van der Waals surface area contributed by atoms with Gasteiger partial charge < -0.3 is 14.3 Å². The van der Waals surface area contributed by atoms with Gasteiger partial charge in [0.15, 0.2) is 5.76 Å². The summed E-state index contributed by atoms with van der Waals surface area (Å²) in [6, 6.07) is 18.0. The Kier molecular flexibility index (Phi) is 5.69. The summed E-state index contributed by atoms with van der Waals surface area (Å²) in [4.78, 5) is 15.5. The molecule has 1 aromatic carbocycles. The quantitative estimate of drug-likeness (QED) is 0.398. The Balaban J connectivity index is 1.28. The number of hydrogen-bond donors (Lipinski definition) is 1. The molecule has 158 valence electrons. The minimum absolute atomic E-state index is 0.00481. The Labute approximate surface area is 184 Å². The zero-order valence-corrected chi connectivity index (χ0v) is 17.8. The summed E-state index contributed by atoms with van der Waals surface area (Å²) in [5.74, 6) is 1.68. The van der Waals surface area contributed by atoms with Gasteiger partial charge in [0.1, 0.15) is 5.76 Å². The number of carbonyl (C=O) groups is 1. The van der Waals surface area contributed by atoms with Gasteiger partial charge in [0.05, 0.1) is 23.4 Å². The number of aromatic nitrogens is 1. The highest BCUT2D eigenvalue weighted by atomic mass is 32.1. The van der Waals surface area contributed by atoms with Crippen LogP contribution in [-0.2, 0) is 19.6 Å². The van der Waals surface area contributed by atoms with E-state index in [-0.39, 0.29) is 5.91 Å². The fraction of sp³-hybridized carbons (Fsp3) is 0.250. The van der Waals surface area contributed by atoms with E-state index in [9.17, 15) is 4.79 Å². The average Bonchev–Trinajstić information content (AvgIpc) is 3.22. The number of benzene rings is 1. The van der Waals surface area contributed by atoms with E-state index < -0.39 is 0 Å². The van der Waals surface area contributed by atoms with Crippen molar-refractivity contribution in [2.75, 3.05) is 0 Å². The van der Waals surface area contributed by atoms with Crippen LogP contribution in [0.5, 0.6) is 0 Å². The molecule has 1 aliphatic carbocycles. The first-order valence-corrected chi connectivity index (χ1v) is 11.2. The fourth-order valence-electron chi connectivity index (χ4n) is 3.46. The Hall–Kier alpha value is -3.16. The highest BCUT2D eigenvalue weighted by Gasteiger charge is 2.23. The lowest BCUT2D eigenvalue weighted by atomic mass is 10.1. The molecule has 0 aliphatic heterocycles. The molecule has 0 unspecified atom stereocenters. The summed E-state index contributed by atoms with van der Waals surface area (Å²) in [6.45, 7) is 1.98. The van der Waals surface area contributed by atoms with E-state index in [0.29, 0.717) is 31.2 Å². The predicted molar refractivity (Wildman–Crippen MR) is 118 cm³/mol. The zero-order chi connectivity index (χ0) is 21.0. The van der Waals surface area contributed by atoms with E-state index in [1.165, 1.54) is 0 Å². The van der Waals surface area contributed by atoms with E-state index in [1.807, 2.05) is 60.0 Å². The molecule has 4 aromatic rings. The molecule has 1 saturated carbocycles. The maximum atomic E-state index is 12.2. The number of hydrogen-bond acceptors (Lipinski definition) is 6. The van der Waals surface area contributed by atoms with Crippen molar-refractivity contribution in [3.63, 3.8) is 0 Å². The molecule has 31 heavy (non-hydrogen) atoms. The van der Waals surface area contributed by atoms with Gasteiger partial charge in [-0.25, -0.2) is 0 Å². The molecule has 1 N–H and O–H groups in total. The van der Waals surface area contributed by atoms with E-state index in [0.717, 1.165) is 40.5 Å². The number of carbonyl (C=O) groups excluding carboxylic acids is 1. The first-order chi connectivity index (χ1) is 15.2. The summed E-state index contributed by atoms with van der Waals surface area (Å²) < 4.78 is 11.1. The number of rotatable bonds is 9. The average molecular weight is 434 g/mol. The number of amides is 1. The Bertz CT molecular complexity index is 1110. The van der Waals surface area contributed by atoms with Crippen molar-refractivity contribution < 1.29 is 13.7 Å². The lowest BCUT2D eigenvalue weighted by molar-refractivity contribution is 0.0951. The topological polar surface area (TPSA) is 71.5 Å². The first kappa shape index (κ1) is 19.8. The van der Waals surface area contributed by atoms with E-state index in [1.54, 1.807) is 17.6 Å². The molecule has 0 radical (unpaired) electrons. The largest absolute Gasteiger partial charge is 0.468 e. The van der Waals surface area contributed by atoms with Crippen LogP contribution in [-0.4, -0.2) is 22.0 Å². The second-order valence-corrected chi connectivity index (χ2v) is 8.78. The zero-order valence-electron chi connectivity index (χ0n) is 17.0. The van der Waals surface area contributed by atoms with Gasteiger partial charge in [-0.1, -0.05) is 23.4 Å². The molecule has 0 saturated heterocycles. The van der Waals surface area contributed by atoms with Gasteiger partial charge in [0.25, 0.3) is 5.91 Å². The number of nitrogens with zero attached hydrogens (tertiary/aromatic N) is 2. The Morgan fingerprint density at radius 3 is 2.68 bits per heavy atom. The molecule has 1 fully saturated rings.